The summed E-state index contributed by atoms with van der Waals surface area (Å²) in [5.74, 6) is -0.576. The Kier molecular flexibility index (Phi) is 5.50. The summed E-state index contributed by atoms with van der Waals surface area (Å²) in [4.78, 5) is 10.6. The van der Waals surface area contributed by atoms with Crippen molar-refractivity contribution in [3.05, 3.63) is 71.4 Å². The van der Waals surface area contributed by atoms with Crippen molar-refractivity contribution >= 4 is 6.29 Å². The van der Waals surface area contributed by atoms with Crippen LogP contribution in [0.4, 0.5) is 8.78 Å². The summed E-state index contributed by atoms with van der Waals surface area (Å²) >= 11 is 0. The molecule has 0 aromatic heterocycles. The van der Waals surface area contributed by atoms with Gasteiger partial charge in [0.05, 0.1) is 0 Å². The molecule has 24 heavy (non-hydrogen) atoms. The molecule has 128 valence electrons. The van der Waals surface area contributed by atoms with Crippen molar-refractivity contribution < 1.29 is 13.6 Å². The molecule has 0 aliphatic heterocycles. The first-order valence-corrected chi connectivity index (χ1v) is 8.00. The molecule has 1 saturated carbocycles. The number of carbonyl (C=O) groups is 1. The number of halogens is 2. The van der Waals surface area contributed by atoms with Crippen LogP contribution in [0.15, 0.2) is 54.7 Å². The van der Waals surface area contributed by atoms with E-state index in [0.717, 1.165) is 23.8 Å². The quantitative estimate of drug-likeness (QED) is 0.608. The predicted octanol–water partition coefficient (Wildman–Crippen LogP) is 4.63. The van der Waals surface area contributed by atoms with Gasteiger partial charge in [0.2, 0.25) is 0 Å². The van der Waals surface area contributed by atoms with E-state index >= 15 is 0 Å². The van der Waals surface area contributed by atoms with E-state index < -0.39 is 11.7 Å². The van der Waals surface area contributed by atoms with Crippen LogP contribution in [0.3, 0.4) is 0 Å². The van der Waals surface area contributed by atoms with Crippen molar-refractivity contribution in [2.24, 2.45) is 5.92 Å². The molecule has 2 aliphatic rings. The Labute approximate surface area is 142 Å². The molecule has 0 spiro atoms. The molecule has 2 nitrogen and oxygen atoms in total. The highest BCUT2D eigenvalue weighted by Gasteiger charge is 2.55. The lowest BCUT2D eigenvalue weighted by Gasteiger charge is -2.04. The summed E-state index contributed by atoms with van der Waals surface area (Å²) in [6, 6.07) is 6.11. The molecule has 2 aliphatic carbocycles. The number of fused-ring (bicyclic) bond motifs is 1. The Balaban J connectivity index is 0.000000178. The van der Waals surface area contributed by atoms with Gasteiger partial charge in [-0.15, -0.1) is 0 Å². The Morgan fingerprint density at radius 3 is 2.50 bits per heavy atom. The highest BCUT2D eigenvalue weighted by Crippen LogP contribution is 2.62. The number of likely N-dealkylation sites (N-methyl/N-ethyl adjacent to an activating group) is 1. The molecule has 1 aromatic carbocycles. The Morgan fingerprint density at radius 1 is 1.38 bits per heavy atom. The monoisotopic (exact) mass is 331 g/mol. The molecule has 4 heteroatoms. The van der Waals surface area contributed by atoms with Gasteiger partial charge >= 0.3 is 0 Å². The molecule has 1 aromatic rings. The Bertz CT molecular complexity index is 704. The second kappa shape index (κ2) is 7.22. The maximum Gasteiger partial charge on any atom is 0.150 e. The van der Waals surface area contributed by atoms with E-state index in [1.165, 1.54) is 24.0 Å². The molecule has 0 saturated heterocycles. The minimum Gasteiger partial charge on any atom is -0.315 e. The second-order valence-corrected chi connectivity index (χ2v) is 6.37. The van der Waals surface area contributed by atoms with E-state index in [2.05, 4.69) is 37.5 Å². The summed E-state index contributed by atoms with van der Waals surface area (Å²) in [7, 11) is 1.60. The van der Waals surface area contributed by atoms with Crippen LogP contribution in [0.5, 0.6) is 0 Å². The number of nitrogens with one attached hydrogen (secondary N) is 1. The SMILES string of the molecule is C=C/C(F)=C(/CNC)C(=C)F.CC1(C2CC2)c2ccc(C=O)cc21. The molecule has 0 radical (unpaired) electrons. The fraction of sp³-hybridized carbons (Fsp3) is 0.350. The van der Waals surface area contributed by atoms with Crippen LogP contribution >= 0.6 is 0 Å². The number of aldehydes is 1. The van der Waals surface area contributed by atoms with Crippen LogP contribution in [0.25, 0.3) is 0 Å². The van der Waals surface area contributed by atoms with Crippen LogP contribution in [0.2, 0.25) is 0 Å². The van der Waals surface area contributed by atoms with Gasteiger partial charge in [-0.3, -0.25) is 4.79 Å². The molecule has 1 unspecified atom stereocenters. The third-order valence-corrected chi connectivity index (χ3v) is 4.78. The summed E-state index contributed by atoms with van der Waals surface area (Å²) < 4.78 is 25.1. The fourth-order valence-corrected chi connectivity index (χ4v) is 3.11. The highest BCUT2D eigenvalue weighted by atomic mass is 19.1. The first kappa shape index (κ1) is 18.3. The highest BCUT2D eigenvalue weighted by molar-refractivity contribution is 5.78. The first-order chi connectivity index (χ1) is 11.4. The van der Waals surface area contributed by atoms with E-state index in [1.807, 2.05) is 6.07 Å². The average Bonchev–Trinajstić information content (AvgIpc) is 3.49. The van der Waals surface area contributed by atoms with Crippen molar-refractivity contribution in [2.45, 2.75) is 25.2 Å². The molecule has 0 heterocycles. The van der Waals surface area contributed by atoms with Gasteiger partial charge in [0.25, 0.3) is 0 Å². The Hall–Kier alpha value is -2.07. The van der Waals surface area contributed by atoms with Crippen LogP contribution in [0, 0.1) is 5.92 Å². The fourth-order valence-electron chi connectivity index (χ4n) is 3.11. The lowest BCUT2D eigenvalue weighted by molar-refractivity contribution is 0.112. The maximum absolute atomic E-state index is 12.7. The summed E-state index contributed by atoms with van der Waals surface area (Å²) in [5, 5.41) is 2.62. The van der Waals surface area contributed by atoms with Crippen LogP contribution in [-0.4, -0.2) is 19.9 Å². The zero-order chi connectivity index (χ0) is 17.9. The van der Waals surface area contributed by atoms with Crippen molar-refractivity contribution in [3.63, 3.8) is 0 Å². The minimum atomic E-state index is -0.767. The summed E-state index contributed by atoms with van der Waals surface area (Å²) in [5.41, 5.74) is 3.98. The largest absolute Gasteiger partial charge is 0.315 e. The zero-order valence-electron chi connectivity index (χ0n) is 14.2. The van der Waals surface area contributed by atoms with Crippen LogP contribution in [0.1, 0.15) is 41.3 Å². The van der Waals surface area contributed by atoms with E-state index in [1.54, 1.807) is 7.05 Å². The molecular formula is C20H23F2NO. The van der Waals surface area contributed by atoms with Gasteiger partial charge in [-0.2, -0.15) is 0 Å². The number of hydrogen-bond acceptors (Lipinski definition) is 2. The molecule has 0 amide bonds. The number of hydrogen-bond donors (Lipinski definition) is 1. The number of rotatable bonds is 6. The van der Waals surface area contributed by atoms with Gasteiger partial charge in [0.15, 0.2) is 0 Å². The third-order valence-electron chi connectivity index (χ3n) is 4.78. The molecule has 0 bridgehead atoms. The van der Waals surface area contributed by atoms with E-state index in [0.29, 0.717) is 5.41 Å². The molecular weight excluding hydrogens is 308 g/mol. The predicted molar refractivity (Wildman–Crippen MR) is 93.5 cm³/mol. The number of allylic oxidation sites excluding steroid dienone is 2. The number of carbonyl (C=O) groups excluding carboxylic acids is 1. The van der Waals surface area contributed by atoms with Gasteiger partial charge in [-0.05, 0) is 49.1 Å². The lowest BCUT2D eigenvalue weighted by atomic mass is 9.98. The summed E-state index contributed by atoms with van der Waals surface area (Å²) in [6.07, 6.45) is 4.62. The molecule has 3 rings (SSSR count). The van der Waals surface area contributed by atoms with Crippen molar-refractivity contribution in [1.29, 1.82) is 0 Å². The zero-order valence-corrected chi connectivity index (χ0v) is 14.2. The standard InChI is InChI=1S/C12H12O.C8H11F2N/c1-12(9-3-4-9)10-5-2-8(7-13)6-11(10)12;1-4-8(10)7(5-11-3)6(2)9/h2,5-7,9H,3-4H2,1H3;4,11H,1-2,5H2,3H3/b;8-7+. The maximum atomic E-state index is 12.7. The molecule has 1 atom stereocenters. The van der Waals surface area contributed by atoms with Gasteiger partial charge in [0.1, 0.15) is 17.9 Å². The smallest absolute Gasteiger partial charge is 0.150 e. The Morgan fingerprint density at radius 2 is 2.04 bits per heavy atom. The lowest BCUT2D eigenvalue weighted by Crippen LogP contribution is -2.11. The van der Waals surface area contributed by atoms with E-state index in [-0.39, 0.29) is 12.1 Å². The average molecular weight is 331 g/mol. The van der Waals surface area contributed by atoms with E-state index in [4.69, 9.17) is 0 Å². The number of benzene rings is 1. The third kappa shape index (κ3) is 3.54. The van der Waals surface area contributed by atoms with Gasteiger partial charge < -0.3 is 5.32 Å². The van der Waals surface area contributed by atoms with E-state index in [9.17, 15) is 13.6 Å². The molecule has 1 N–H and O–H groups in total. The van der Waals surface area contributed by atoms with Gasteiger partial charge in [0, 0.05) is 23.1 Å². The van der Waals surface area contributed by atoms with Crippen molar-refractivity contribution in [1.82, 2.24) is 5.32 Å². The van der Waals surface area contributed by atoms with Crippen molar-refractivity contribution in [3.8, 4) is 0 Å². The normalized spacial score (nSPS) is 21.7. The van der Waals surface area contributed by atoms with Crippen LogP contribution in [-0.2, 0) is 5.41 Å². The van der Waals surface area contributed by atoms with Gasteiger partial charge in [-0.25, -0.2) is 8.78 Å². The second-order valence-electron chi connectivity index (χ2n) is 6.37. The molecule has 1 fully saturated rings. The van der Waals surface area contributed by atoms with Gasteiger partial charge in [-0.1, -0.05) is 32.2 Å². The van der Waals surface area contributed by atoms with Crippen molar-refractivity contribution in [2.75, 3.05) is 13.6 Å². The topological polar surface area (TPSA) is 29.1 Å². The minimum absolute atomic E-state index is 0.0810. The first-order valence-electron chi connectivity index (χ1n) is 8.00. The summed E-state index contributed by atoms with van der Waals surface area (Å²) in [6.45, 7) is 8.60. The van der Waals surface area contributed by atoms with Crippen LogP contribution < -0.4 is 5.32 Å².